The average Bonchev–Trinajstić information content (AvgIpc) is 2.65. The highest BCUT2D eigenvalue weighted by Gasteiger charge is 2.36. The van der Waals surface area contributed by atoms with Gasteiger partial charge in [-0.2, -0.15) is 0 Å². The molecule has 5 nitrogen and oxygen atoms in total. The van der Waals surface area contributed by atoms with Gasteiger partial charge in [-0.15, -0.1) is 0 Å². The Kier molecular flexibility index (Phi) is 6.78. The van der Waals surface area contributed by atoms with E-state index in [0.29, 0.717) is 6.04 Å². The number of piperidine rings is 2. The third-order valence-electron chi connectivity index (χ3n) is 5.90. The van der Waals surface area contributed by atoms with Crippen molar-refractivity contribution in [2.24, 2.45) is 4.99 Å². The van der Waals surface area contributed by atoms with Crippen molar-refractivity contribution in [2.75, 3.05) is 20.6 Å². The molecule has 0 aromatic heterocycles. The van der Waals surface area contributed by atoms with Crippen molar-refractivity contribution in [2.45, 2.75) is 69.7 Å². The minimum atomic E-state index is 0.132. The third kappa shape index (κ3) is 4.91. The Bertz CT molecular complexity index is 563. The summed E-state index contributed by atoms with van der Waals surface area (Å²) >= 11 is 0. The molecule has 0 spiro atoms. The molecule has 2 aliphatic heterocycles. The zero-order valence-electron chi connectivity index (χ0n) is 16.4. The number of nitrogens with one attached hydrogen (secondary N) is 2. The maximum atomic E-state index is 6.07. The molecular formula is C21H34N4O. The first-order chi connectivity index (χ1) is 12.7. The topological polar surface area (TPSA) is 48.9 Å². The third-order valence-corrected chi connectivity index (χ3v) is 5.90. The van der Waals surface area contributed by atoms with Gasteiger partial charge in [0.2, 0.25) is 0 Å². The fourth-order valence-electron chi connectivity index (χ4n) is 4.29. The maximum absolute atomic E-state index is 6.07. The summed E-state index contributed by atoms with van der Waals surface area (Å²) in [5.41, 5.74) is 0. The van der Waals surface area contributed by atoms with Gasteiger partial charge in [0.15, 0.2) is 5.96 Å². The number of benzene rings is 1. The van der Waals surface area contributed by atoms with Crippen LogP contribution in [-0.2, 0) is 0 Å². The van der Waals surface area contributed by atoms with E-state index in [4.69, 9.17) is 4.74 Å². The number of ether oxygens (including phenoxy) is 1. The zero-order chi connectivity index (χ0) is 18.4. The quantitative estimate of drug-likeness (QED) is 0.606. The Morgan fingerprint density at radius 2 is 1.92 bits per heavy atom. The second-order valence-corrected chi connectivity index (χ2v) is 7.63. The van der Waals surface area contributed by atoms with Crippen LogP contribution in [0.5, 0.6) is 5.75 Å². The van der Waals surface area contributed by atoms with Crippen LogP contribution in [0.3, 0.4) is 0 Å². The van der Waals surface area contributed by atoms with Gasteiger partial charge in [-0.1, -0.05) is 31.5 Å². The van der Waals surface area contributed by atoms with Crippen molar-refractivity contribution in [1.29, 1.82) is 0 Å². The maximum Gasteiger partial charge on any atom is 0.191 e. The molecule has 3 unspecified atom stereocenters. The van der Waals surface area contributed by atoms with E-state index >= 15 is 0 Å². The van der Waals surface area contributed by atoms with Crippen LogP contribution in [0.2, 0.25) is 0 Å². The van der Waals surface area contributed by atoms with Crippen molar-refractivity contribution in [3.63, 3.8) is 0 Å². The van der Waals surface area contributed by atoms with Crippen LogP contribution in [0.4, 0.5) is 0 Å². The second-order valence-electron chi connectivity index (χ2n) is 7.63. The number of para-hydroxylation sites is 1. The summed E-state index contributed by atoms with van der Waals surface area (Å²) in [6.45, 7) is 2.91. The van der Waals surface area contributed by atoms with Crippen LogP contribution in [0.15, 0.2) is 35.3 Å². The summed E-state index contributed by atoms with van der Waals surface area (Å²) in [5, 5.41) is 7.12. The van der Waals surface area contributed by atoms with Gasteiger partial charge in [0, 0.05) is 25.2 Å². The predicted molar refractivity (Wildman–Crippen MR) is 108 cm³/mol. The van der Waals surface area contributed by atoms with E-state index in [1.54, 1.807) is 0 Å². The number of nitrogens with zero attached hydrogens (tertiary/aromatic N) is 2. The molecule has 2 saturated heterocycles. The van der Waals surface area contributed by atoms with Gasteiger partial charge in [-0.25, -0.2) is 0 Å². The van der Waals surface area contributed by atoms with Crippen molar-refractivity contribution in [1.82, 2.24) is 15.5 Å². The van der Waals surface area contributed by atoms with Gasteiger partial charge >= 0.3 is 0 Å². The summed E-state index contributed by atoms with van der Waals surface area (Å²) in [7, 11) is 4.15. The second kappa shape index (κ2) is 9.26. The summed E-state index contributed by atoms with van der Waals surface area (Å²) in [5.74, 6) is 1.82. The molecule has 1 aromatic carbocycles. The van der Waals surface area contributed by atoms with Gasteiger partial charge in [0.05, 0.1) is 6.54 Å². The predicted octanol–water partition coefficient (Wildman–Crippen LogP) is 3.02. The SMILES string of the molecule is CCC(CNC(=NC)NC1CC2CCCC(C1)N2C)Oc1ccccc1. The van der Waals surface area contributed by atoms with Crippen LogP contribution >= 0.6 is 0 Å². The number of aliphatic imine (C=N–C) groups is 1. The highest BCUT2D eigenvalue weighted by atomic mass is 16.5. The highest BCUT2D eigenvalue weighted by Crippen LogP contribution is 2.32. The van der Waals surface area contributed by atoms with Crippen LogP contribution in [0.1, 0.15) is 45.4 Å². The molecule has 2 bridgehead atoms. The average molecular weight is 359 g/mol. The largest absolute Gasteiger partial charge is 0.489 e. The number of guanidine groups is 1. The molecule has 26 heavy (non-hydrogen) atoms. The number of fused-ring (bicyclic) bond motifs is 2. The van der Waals surface area contributed by atoms with Gasteiger partial charge < -0.3 is 20.3 Å². The van der Waals surface area contributed by atoms with Crippen LogP contribution in [-0.4, -0.2) is 55.7 Å². The molecule has 3 atom stereocenters. The molecule has 2 aliphatic rings. The highest BCUT2D eigenvalue weighted by molar-refractivity contribution is 5.80. The first-order valence-corrected chi connectivity index (χ1v) is 10.1. The molecule has 2 heterocycles. The van der Waals surface area contributed by atoms with Crippen LogP contribution < -0.4 is 15.4 Å². The molecule has 0 amide bonds. The smallest absolute Gasteiger partial charge is 0.191 e. The summed E-state index contributed by atoms with van der Waals surface area (Å²) in [4.78, 5) is 7.03. The first kappa shape index (κ1) is 19.0. The Balaban J connectivity index is 1.48. The molecular weight excluding hydrogens is 324 g/mol. The molecule has 1 aromatic rings. The lowest BCUT2D eigenvalue weighted by Crippen LogP contribution is -2.57. The van der Waals surface area contributed by atoms with E-state index in [9.17, 15) is 0 Å². The van der Waals surface area contributed by atoms with Crippen molar-refractivity contribution >= 4 is 5.96 Å². The van der Waals surface area contributed by atoms with Crippen molar-refractivity contribution in [3.8, 4) is 5.75 Å². The molecule has 0 saturated carbocycles. The lowest BCUT2D eigenvalue weighted by molar-refractivity contribution is 0.0526. The number of hydrogen-bond donors (Lipinski definition) is 2. The Hall–Kier alpha value is -1.75. The Morgan fingerprint density at radius 1 is 1.23 bits per heavy atom. The Morgan fingerprint density at radius 3 is 2.54 bits per heavy atom. The minimum Gasteiger partial charge on any atom is -0.489 e. The fourth-order valence-corrected chi connectivity index (χ4v) is 4.29. The molecule has 5 heteroatoms. The number of hydrogen-bond acceptors (Lipinski definition) is 3. The molecule has 2 N–H and O–H groups in total. The lowest BCUT2D eigenvalue weighted by Gasteiger charge is -2.47. The first-order valence-electron chi connectivity index (χ1n) is 10.1. The van der Waals surface area contributed by atoms with Gasteiger partial charge in [0.1, 0.15) is 11.9 Å². The van der Waals surface area contributed by atoms with E-state index in [2.05, 4.69) is 34.5 Å². The molecule has 0 aliphatic carbocycles. The molecule has 144 valence electrons. The van der Waals surface area contributed by atoms with Crippen molar-refractivity contribution < 1.29 is 4.74 Å². The summed E-state index contributed by atoms with van der Waals surface area (Å²) in [6, 6.07) is 12.0. The fraction of sp³-hybridized carbons (Fsp3) is 0.667. The van der Waals surface area contributed by atoms with Gasteiger partial charge in [-0.3, -0.25) is 4.99 Å². The van der Waals surface area contributed by atoms with E-state index in [-0.39, 0.29) is 6.10 Å². The zero-order valence-corrected chi connectivity index (χ0v) is 16.4. The summed E-state index contributed by atoms with van der Waals surface area (Å²) < 4.78 is 6.07. The van der Waals surface area contributed by atoms with Crippen LogP contribution in [0, 0.1) is 0 Å². The van der Waals surface area contributed by atoms with E-state index < -0.39 is 0 Å². The van der Waals surface area contributed by atoms with Crippen molar-refractivity contribution in [3.05, 3.63) is 30.3 Å². The number of rotatable bonds is 6. The Labute approximate surface area is 158 Å². The van der Waals surface area contributed by atoms with Gasteiger partial charge in [-0.05, 0) is 51.3 Å². The lowest BCUT2D eigenvalue weighted by atomic mass is 9.82. The van der Waals surface area contributed by atoms with E-state index in [0.717, 1.165) is 36.8 Å². The van der Waals surface area contributed by atoms with Crippen LogP contribution in [0.25, 0.3) is 0 Å². The van der Waals surface area contributed by atoms with E-state index in [1.165, 1.54) is 32.1 Å². The minimum absolute atomic E-state index is 0.132. The van der Waals surface area contributed by atoms with E-state index in [1.807, 2.05) is 37.4 Å². The standard InChI is InChI=1S/C21H34N4O/c1-4-19(26-20-11-6-5-7-12-20)15-23-21(22-2)24-16-13-17-9-8-10-18(14-16)25(17)3/h5-7,11-12,16-19H,4,8-10,13-15H2,1-3H3,(H2,22,23,24). The monoisotopic (exact) mass is 358 g/mol. The molecule has 3 rings (SSSR count). The normalized spacial score (nSPS) is 27.7. The summed E-state index contributed by atoms with van der Waals surface area (Å²) in [6.07, 6.45) is 7.57. The van der Waals surface area contributed by atoms with Gasteiger partial charge in [0.25, 0.3) is 0 Å². The molecule has 2 fully saturated rings. The molecule has 0 radical (unpaired) electrons.